The molecule has 1 saturated heterocycles. The number of benzene rings is 1. The molecule has 0 spiro atoms. The van der Waals surface area contributed by atoms with Crippen LogP contribution in [0.4, 0.5) is 0 Å². The average Bonchev–Trinajstić information content (AvgIpc) is 3.03. The molecular formula is C21H29N3O2. The number of amides is 1. The quantitative estimate of drug-likeness (QED) is 0.895. The van der Waals surface area contributed by atoms with Gasteiger partial charge in [0.1, 0.15) is 0 Å². The van der Waals surface area contributed by atoms with E-state index >= 15 is 0 Å². The third kappa shape index (κ3) is 4.15. The number of carbonyl (C=O) groups is 1. The number of likely N-dealkylation sites (tertiary alicyclic amines) is 1. The van der Waals surface area contributed by atoms with E-state index in [4.69, 9.17) is 0 Å². The summed E-state index contributed by atoms with van der Waals surface area (Å²) in [6.07, 6.45) is 2.29. The van der Waals surface area contributed by atoms with Crippen molar-refractivity contribution in [3.8, 4) is 11.3 Å². The van der Waals surface area contributed by atoms with E-state index in [0.29, 0.717) is 30.6 Å². The predicted molar refractivity (Wildman–Crippen MR) is 103 cm³/mol. The summed E-state index contributed by atoms with van der Waals surface area (Å²) in [4.78, 5) is 14.7. The van der Waals surface area contributed by atoms with Crippen LogP contribution >= 0.6 is 0 Å². The largest absolute Gasteiger partial charge is 0.393 e. The molecule has 0 saturated carbocycles. The lowest BCUT2D eigenvalue weighted by molar-refractivity contribution is 0.0382. The predicted octanol–water partition coefficient (Wildman–Crippen LogP) is 3.35. The second kappa shape index (κ2) is 8.04. The van der Waals surface area contributed by atoms with Crippen LogP contribution in [-0.2, 0) is 7.05 Å². The first-order valence-corrected chi connectivity index (χ1v) is 9.52. The van der Waals surface area contributed by atoms with Crippen LogP contribution in [0.25, 0.3) is 11.3 Å². The Morgan fingerprint density at radius 3 is 2.50 bits per heavy atom. The first kappa shape index (κ1) is 18.6. The van der Waals surface area contributed by atoms with Crippen molar-refractivity contribution in [1.29, 1.82) is 0 Å². The third-order valence-corrected chi connectivity index (χ3v) is 5.25. The number of aliphatic hydroxyl groups excluding tert-OH is 1. The maximum atomic E-state index is 12.8. The summed E-state index contributed by atoms with van der Waals surface area (Å²) in [5, 5.41) is 14.8. The molecule has 2 heterocycles. The van der Waals surface area contributed by atoms with E-state index in [0.717, 1.165) is 30.5 Å². The fraction of sp³-hybridized carbons (Fsp3) is 0.524. The molecule has 1 atom stereocenters. The van der Waals surface area contributed by atoms with E-state index in [1.807, 2.05) is 48.3 Å². The van der Waals surface area contributed by atoms with Gasteiger partial charge in [-0.05, 0) is 42.7 Å². The number of carbonyl (C=O) groups excluding carboxylic acids is 1. The highest BCUT2D eigenvalue weighted by atomic mass is 16.3. The molecule has 5 heteroatoms. The summed E-state index contributed by atoms with van der Waals surface area (Å²) < 4.78 is 1.77. The number of nitrogens with zero attached hydrogens (tertiary/aromatic N) is 3. The van der Waals surface area contributed by atoms with Crippen LogP contribution in [0.1, 0.15) is 43.6 Å². The number of rotatable bonds is 5. The van der Waals surface area contributed by atoms with Crippen molar-refractivity contribution in [3.63, 3.8) is 0 Å². The minimum absolute atomic E-state index is 0.0143. The third-order valence-electron chi connectivity index (χ3n) is 5.25. The van der Waals surface area contributed by atoms with E-state index in [1.54, 1.807) is 4.68 Å². The first-order chi connectivity index (χ1) is 12.5. The highest BCUT2D eigenvalue weighted by Crippen LogP contribution is 2.26. The molecule has 1 aromatic carbocycles. The molecule has 1 fully saturated rings. The zero-order valence-corrected chi connectivity index (χ0v) is 15.9. The van der Waals surface area contributed by atoms with Crippen LogP contribution in [0.15, 0.2) is 36.4 Å². The number of aliphatic hydroxyl groups is 1. The Labute approximate surface area is 155 Å². The lowest BCUT2D eigenvalue weighted by Gasteiger charge is -2.34. The molecule has 26 heavy (non-hydrogen) atoms. The summed E-state index contributed by atoms with van der Waals surface area (Å²) in [5.74, 6) is 0.777. The summed E-state index contributed by atoms with van der Waals surface area (Å²) in [6, 6.07) is 11.9. The van der Waals surface area contributed by atoms with Crippen LogP contribution < -0.4 is 0 Å². The number of piperidine rings is 1. The van der Waals surface area contributed by atoms with E-state index < -0.39 is 0 Å². The van der Waals surface area contributed by atoms with Gasteiger partial charge in [-0.2, -0.15) is 5.10 Å². The number of aromatic nitrogens is 2. The fourth-order valence-corrected chi connectivity index (χ4v) is 3.78. The Bertz CT molecular complexity index is 731. The smallest absolute Gasteiger partial charge is 0.274 e. The second-order valence-electron chi connectivity index (χ2n) is 7.73. The van der Waals surface area contributed by atoms with Crippen molar-refractivity contribution in [3.05, 3.63) is 42.1 Å². The second-order valence-corrected chi connectivity index (χ2v) is 7.73. The normalized spacial score (nSPS) is 16.9. The fourth-order valence-electron chi connectivity index (χ4n) is 3.78. The Hall–Kier alpha value is -2.14. The molecule has 0 aliphatic carbocycles. The molecular weight excluding hydrogens is 326 g/mol. The molecule has 140 valence electrons. The standard InChI is InChI=1S/C21H29N3O2/c1-15(2)13-20(25)17-9-11-24(12-10-17)21(26)18-14-19(23(3)22-18)16-7-5-4-6-8-16/h4-8,14-15,17,20,25H,9-13H2,1-3H3/t20-/m0/s1. The molecule has 3 rings (SSSR count). The van der Waals surface area contributed by atoms with Gasteiger partial charge in [0.05, 0.1) is 11.8 Å². The van der Waals surface area contributed by atoms with Gasteiger partial charge in [-0.25, -0.2) is 0 Å². The maximum absolute atomic E-state index is 12.8. The van der Waals surface area contributed by atoms with Crippen molar-refractivity contribution in [2.45, 2.75) is 39.2 Å². The first-order valence-electron chi connectivity index (χ1n) is 9.52. The molecule has 1 aliphatic heterocycles. The molecule has 2 aromatic rings. The lowest BCUT2D eigenvalue weighted by Crippen LogP contribution is -2.41. The van der Waals surface area contributed by atoms with Gasteiger partial charge in [-0.3, -0.25) is 9.48 Å². The molecule has 0 radical (unpaired) electrons. The van der Waals surface area contributed by atoms with E-state index in [2.05, 4.69) is 18.9 Å². The SMILES string of the molecule is CC(C)C[C@H](O)C1CCN(C(=O)c2cc(-c3ccccc3)n(C)n2)CC1. The van der Waals surface area contributed by atoms with Crippen LogP contribution in [0.2, 0.25) is 0 Å². The van der Waals surface area contributed by atoms with Gasteiger partial charge < -0.3 is 10.0 Å². The summed E-state index contributed by atoms with van der Waals surface area (Å²) in [6.45, 7) is 5.65. The topological polar surface area (TPSA) is 58.4 Å². The van der Waals surface area contributed by atoms with Gasteiger partial charge in [-0.15, -0.1) is 0 Å². The molecule has 1 amide bonds. The van der Waals surface area contributed by atoms with Crippen molar-refractivity contribution >= 4 is 5.91 Å². The van der Waals surface area contributed by atoms with Gasteiger partial charge in [0.2, 0.25) is 0 Å². The van der Waals surface area contributed by atoms with Gasteiger partial charge >= 0.3 is 0 Å². The lowest BCUT2D eigenvalue weighted by atomic mass is 9.87. The minimum Gasteiger partial charge on any atom is -0.393 e. The van der Waals surface area contributed by atoms with E-state index in [-0.39, 0.29) is 12.0 Å². The van der Waals surface area contributed by atoms with Crippen molar-refractivity contribution in [2.75, 3.05) is 13.1 Å². The zero-order valence-electron chi connectivity index (χ0n) is 15.9. The number of hydrogen-bond donors (Lipinski definition) is 1. The summed E-state index contributed by atoms with van der Waals surface area (Å²) in [5.41, 5.74) is 2.49. The van der Waals surface area contributed by atoms with Crippen molar-refractivity contribution in [2.24, 2.45) is 18.9 Å². The molecule has 1 N–H and O–H groups in total. The van der Waals surface area contributed by atoms with Crippen LogP contribution in [0.3, 0.4) is 0 Å². The average molecular weight is 355 g/mol. The van der Waals surface area contributed by atoms with Crippen LogP contribution in [0.5, 0.6) is 0 Å². The van der Waals surface area contributed by atoms with E-state index in [1.165, 1.54) is 0 Å². The highest BCUT2D eigenvalue weighted by Gasteiger charge is 2.29. The molecule has 0 unspecified atom stereocenters. The zero-order chi connectivity index (χ0) is 18.7. The maximum Gasteiger partial charge on any atom is 0.274 e. The Kier molecular flexibility index (Phi) is 5.77. The minimum atomic E-state index is -0.258. The number of hydrogen-bond acceptors (Lipinski definition) is 3. The molecule has 1 aromatic heterocycles. The van der Waals surface area contributed by atoms with Gasteiger partial charge in [0.15, 0.2) is 5.69 Å². The highest BCUT2D eigenvalue weighted by molar-refractivity contribution is 5.93. The van der Waals surface area contributed by atoms with Gasteiger partial charge in [0.25, 0.3) is 5.91 Å². The van der Waals surface area contributed by atoms with Crippen LogP contribution in [0, 0.1) is 11.8 Å². The van der Waals surface area contributed by atoms with Gasteiger partial charge in [-0.1, -0.05) is 44.2 Å². The monoisotopic (exact) mass is 355 g/mol. The summed E-state index contributed by atoms with van der Waals surface area (Å²) >= 11 is 0. The molecule has 0 bridgehead atoms. The van der Waals surface area contributed by atoms with Crippen molar-refractivity contribution < 1.29 is 9.90 Å². The van der Waals surface area contributed by atoms with Crippen molar-refractivity contribution in [1.82, 2.24) is 14.7 Å². The molecule has 5 nitrogen and oxygen atoms in total. The van der Waals surface area contributed by atoms with Gasteiger partial charge in [0, 0.05) is 20.1 Å². The Morgan fingerprint density at radius 2 is 1.88 bits per heavy atom. The van der Waals surface area contributed by atoms with E-state index in [9.17, 15) is 9.90 Å². The summed E-state index contributed by atoms with van der Waals surface area (Å²) in [7, 11) is 1.87. The van der Waals surface area contributed by atoms with Crippen LogP contribution in [-0.4, -0.2) is 44.9 Å². The number of aryl methyl sites for hydroxylation is 1. The molecule has 1 aliphatic rings. The Balaban J connectivity index is 1.64. The Morgan fingerprint density at radius 1 is 1.23 bits per heavy atom.